The molecule has 2 N–H and O–H groups in total. The van der Waals surface area contributed by atoms with E-state index in [4.69, 9.17) is 10.5 Å². The fraction of sp³-hybridized carbons (Fsp3) is 0.400. The summed E-state index contributed by atoms with van der Waals surface area (Å²) in [4.78, 5) is 0. The van der Waals surface area contributed by atoms with Crippen molar-refractivity contribution in [3.8, 4) is 5.75 Å². The van der Waals surface area contributed by atoms with E-state index in [9.17, 15) is 0 Å². The van der Waals surface area contributed by atoms with Gasteiger partial charge in [-0.25, -0.2) is 0 Å². The number of aromatic nitrogens is 2. The van der Waals surface area contributed by atoms with Crippen LogP contribution in [-0.4, -0.2) is 16.3 Å². The average Bonchev–Trinajstić information content (AvgIpc) is 2.87. The summed E-state index contributed by atoms with van der Waals surface area (Å²) in [5, 5.41) is 4.47. The molecule has 2 aromatic rings. The molecule has 0 amide bonds. The quantitative estimate of drug-likeness (QED) is 0.867. The second kappa shape index (κ2) is 6.38. The summed E-state index contributed by atoms with van der Waals surface area (Å²) < 4.78 is 7.77. The van der Waals surface area contributed by atoms with E-state index in [0.29, 0.717) is 19.2 Å². The van der Waals surface area contributed by atoms with Gasteiger partial charge in [-0.1, -0.05) is 18.2 Å². The zero-order valence-electron chi connectivity index (χ0n) is 11.5. The summed E-state index contributed by atoms with van der Waals surface area (Å²) in [6.45, 7) is 5.33. The van der Waals surface area contributed by atoms with E-state index in [1.54, 1.807) is 0 Å². The minimum absolute atomic E-state index is 0.373. The molecule has 0 bridgehead atoms. The molecule has 0 spiro atoms. The van der Waals surface area contributed by atoms with Crippen molar-refractivity contribution in [2.75, 3.05) is 6.54 Å². The van der Waals surface area contributed by atoms with Gasteiger partial charge in [-0.2, -0.15) is 5.10 Å². The van der Waals surface area contributed by atoms with Crippen LogP contribution >= 0.6 is 0 Å². The van der Waals surface area contributed by atoms with Gasteiger partial charge < -0.3 is 10.5 Å². The van der Waals surface area contributed by atoms with Gasteiger partial charge in [-0.05, 0) is 44.5 Å². The van der Waals surface area contributed by atoms with Crippen LogP contribution in [0.5, 0.6) is 5.75 Å². The van der Waals surface area contributed by atoms with E-state index in [-0.39, 0.29) is 0 Å². The number of nitrogens with two attached hydrogens (primary N) is 1. The van der Waals surface area contributed by atoms with Gasteiger partial charge in [0.15, 0.2) is 0 Å². The first kappa shape index (κ1) is 13.6. The van der Waals surface area contributed by atoms with E-state index in [1.807, 2.05) is 35.1 Å². The molecule has 0 saturated carbocycles. The lowest BCUT2D eigenvalue weighted by Gasteiger charge is -2.10. The number of nitrogens with zero attached hydrogens (tertiary/aromatic N) is 2. The molecule has 0 aliphatic carbocycles. The highest BCUT2D eigenvalue weighted by Crippen LogP contribution is 2.19. The third-order valence-electron chi connectivity index (χ3n) is 2.95. The van der Waals surface area contributed by atoms with Crippen LogP contribution in [0.25, 0.3) is 0 Å². The molecule has 0 fully saturated rings. The number of hydrogen-bond acceptors (Lipinski definition) is 3. The molecule has 1 aromatic heterocycles. The average molecular weight is 259 g/mol. The molecule has 0 radical (unpaired) electrons. The van der Waals surface area contributed by atoms with Crippen LogP contribution in [0.1, 0.15) is 31.1 Å². The molecule has 0 saturated heterocycles. The molecule has 2 rings (SSSR count). The Morgan fingerprint density at radius 1 is 1.26 bits per heavy atom. The highest BCUT2D eigenvalue weighted by Gasteiger charge is 2.05. The molecular formula is C15H21N3O. The predicted octanol–water partition coefficient (Wildman–Crippen LogP) is 2.54. The SMILES string of the molecule is CC(C)n1ccc(COc2ccccc2CCN)n1. The lowest BCUT2D eigenvalue weighted by molar-refractivity contribution is 0.295. The van der Waals surface area contributed by atoms with Crippen molar-refractivity contribution in [3.63, 3.8) is 0 Å². The standard InChI is InChI=1S/C15H21N3O/c1-12(2)18-10-8-14(17-18)11-19-15-6-4-3-5-13(15)7-9-16/h3-6,8,10,12H,7,9,11,16H2,1-2H3. The topological polar surface area (TPSA) is 53.1 Å². The monoisotopic (exact) mass is 259 g/mol. The Kier molecular flexibility index (Phi) is 4.58. The maximum Gasteiger partial charge on any atom is 0.132 e. The maximum atomic E-state index is 5.84. The molecule has 0 unspecified atom stereocenters. The number of rotatable bonds is 6. The van der Waals surface area contributed by atoms with Crippen LogP contribution in [-0.2, 0) is 13.0 Å². The first-order chi connectivity index (χ1) is 9.20. The van der Waals surface area contributed by atoms with Gasteiger partial charge in [0.2, 0.25) is 0 Å². The molecule has 4 heteroatoms. The third kappa shape index (κ3) is 3.58. The lowest BCUT2D eigenvalue weighted by Crippen LogP contribution is -2.06. The number of hydrogen-bond donors (Lipinski definition) is 1. The van der Waals surface area contributed by atoms with Gasteiger partial charge in [-0.15, -0.1) is 0 Å². The minimum atomic E-state index is 0.373. The number of para-hydroxylation sites is 1. The van der Waals surface area contributed by atoms with Crippen LogP contribution in [0.15, 0.2) is 36.5 Å². The van der Waals surface area contributed by atoms with Crippen molar-refractivity contribution in [1.29, 1.82) is 0 Å². The minimum Gasteiger partial charge on any atom is -0.487 e. The van der Waals surface area contributed by atoms with Gasteiger partial charge >= 0.3 is 0 Å². The van der Waals surface area contributed by atoms with Crippen LogP contribution in [0.3, 0.4) is 0 Å². The van der Waals surface area contributed by atoms with Crippen LogP contribution < -0.4 is 10.5 Å². The smallest absolute Gasteiger partial charge is 0.132 e. The molecule has 4 nitrogen and oxygen atoms in total. The molecule has 0 aliphatic rings. The van der Waals surface area contributed by atoms with Gasteiger partial charge in [0, 0.05) is 12.2 Å². The second-order valence-corrected chi connectivity index (χ2v) is 4.82. The molecule has 0 aliphatic heterocycles. The molecule has 1 aromatic carbocycles. The Bertz CT molecular complexity index is 520. The Labute approximate surface area is 114 Å². The van der Waals surface area contributed by atoms with Crippen LogP contribution in [0, 0.1) is 0 Å². The zero-order chi connectivity index (χ0) is 13.7. The van der Waals surface area contributed by atoms with E-state index >= 15 is 0 Å². The Morgan fingerprint density at radius 3 is 2.74 bits per heavy atom. The molecule has 1 heterocycles. The van der Waals surface area contributed by atoms with Gasteiger partial charge in [-0.3, -0.25) is 4.68 Å². The van der Waals surface area contributed by atoms with Crippen LogP contribution in [0.2, 0.25) is 0 Å². The van der Waals surface area contributed by atoms with Gasteiger partial charge in [0.25, 0.3) is 0 Å². The summed E-state index contributed by atoms with van der Waals surface area (Å²) in [6.07, 6.45) is 2.81. The Balaban J connectivity index is 2.01. The van der Waals surface area contributed by atoms with Gasteiger partial charge in [0.1, 0.15) is 12.4 Å². The largest absolute Gasteiger partial charge is 0.487 e. The fourth-order valence-electron chi connectivity index (χ4n) is 1.90. The first-order valence-electron chi connectivity index (χ1n) is 6.65. The first-order valence-corrected chi connectivity index (χ1v) is 6.65. The summed E-state index contributed by atoms with van der Waals surface area (Å²) in [7, 11) is 0. The Morgan fingerprint density at radius 2 is 2.05 bits per heavy atom. The maximum absolute atomic E-state index is 5.84. The highest BCUT2D eigenvalue weighted by molar-refractivity contribution is 5.33. The van der Waals surface area contributed by atoms with Crippen molar-refractivity contribution in [1.82, 2.24) is 9.78 Å². The Hall–Kier alpha value is -1.81. The zero-order valence-corrected chi connectivity index (χ0v) is 11.5. The fourth-order valence-corrected chi connectivity index (χ4v) is 1.90. The summed E-state index contributed by atoms with van der Waals surface area (Å²) in [5.41, 5.74) is 7.69. The number of ether oxygens (including phenoxy) is 1. The van der Waals surface area contributed by atoms with E-state index in [2.05, 4.69) is 25.0 Å². The van der Waals surface area contributed by atoms with Crippen molar-refractivity contribution in [3.05, 3.63) is 47.8 Å². The van der Waals surface area contributed by atoms with E-state index in [0.717, 1.165) is 23.4 Å². The molecule has 19 heavy (non-hydrogen) atoms. The predicted molar refractivity (Wildman–Crippen MR) is 76.1 cm³/mol. The number of benzene rings is 1. The molecular weight excluding hydrogens is 238 g/mol. The van der Waals surface area contributed by atoms with E-state index in [1.165, 1.54) is 0 Å². The lowest BCUT2D eigenvalue weighted by atomic mass is 10.1. The van der Waals surface area contributed by atoms with Crippen molar-refractivity contribution < 1.29 is 4.74 Å². The van der Waals surface area contributed by atoms with Crippen LogP contribution in [0.4, 0.5) is 0 Å². The van der Waals surface area contributed by atoms with Crippen molar-refractivity contribution in [2.24, 2.45) is 5.73 Å². The normalized spacial score (nSPS) is 10.9. The third-order valence-corrected chi connectivity index (χ3v) is 2.95. The van der Waals surface area contributed by atoms with Gasteiger partial charge in [0.05, 0.1) is 5.69 Å². The molecule has 0 atom stereocenters. The summed E-state index contributed by atoms with van der Waals surface area (Å²) in [5.74, 6) is 0.895. The van der Waals surface area contributed by atoms with Crippen molar-refractivity contribution >= 4 is 0 Å². The summed E-state index contributed by atoms with van der Waals surface area (Å²) >= 11 is 0. The highest BCUT2D eigenvalue weighted by atomic mass is 16.5. The second-order valence-electron chi connectivity index (χ2n) is 4.82. The molecule has 102 valence electrons. The summed E-state index contributed by atoms with van der Waals surface area (Å²) in [6, 6.07) is 10.4. The van der Waals surface area contributed by atoms with E-state index < -0.39 is 0 Å². The van der Waals surface area contributed by atoms with Crippen molar-refractivity contribution in [2.45, 2.75) is 32.9 Å².